The highest BCUT2D eigenvalue weighted by Gasteiger charge is 2.23. The second-order valence-corrected chi connectivity index (χ2v) is 5.60. The van der Waals surface area contributed by atoms with Gasteiger partial charge in [0.2, 0.25) is 11.9 Å². The maximum Gasteiger partial charge on any atom is 0.216 e. The van der Waals surface area contributed by atoms with Crippen molar-refractivity contribution >= 4 is 34.7 Å². The third-order valence-corrected chi connectivity index (χ3v) is 3.89. The van der Waals surface area contributed by atoms with E-state index >= 15 is 0 Å². The van der Waals surface area contributed by atoms with Crippen molar-refractivity contribution in [2.45, 2.75) is 0 Å². The van der Waals surface area contributed by atoms with Gasteiger partial charge in [-0.3, -0.25) is 0 Å². The van der Waals surface area contributed by atoms with Gasteiger partial charge in [-0.15, -0.1) is 0 Å². The molecule has 3 aromatic rings. The molecule has 4 rings (SSSR count). The molecule has 0 fully saturated rings. The molecule has 120 valence electrons. The van der Waals surface area contributed by atoms with Gasteiger partial charge in [0.05, 0.1) is 11.4 Å². The van der Waals surface area contributed by atoms with Gasteiger partial charge < -0.3 is 5.21 Å². The molecule has 0 aromatic heterocycles. The van der Waals surface area contributed by atoms with Crippen LogP contribution in [0.3, 0.4) is 0 Å². The summed E-state index contributed by atoms with van der Waals surface area (Å²) in [5.41, 5.74) is 4.40. The Hall–Kier alpha value is -3.53. The summed E-state index contributed by atoms with van der Waals surface area (Å²) in [6.07, 6.45) is 1.48. The summed E-state index contributed by atoms with van der Waals surface area (Å²) in [5.74, 6) is 0. The summed E-state index contributed by atoms with van der Waals surface area (Å²) in [7, 11) is 0. The van der Waals surface area contributed by atoms with Crippen LogP contribution in [0.15, 0.2) is 94.9 Å². The van der Waals surface area contributed by atoms with Gasteiger partial charge >= 0.3 is 0 Å². The van der Waals surface area contributed by atoms with Gasteiger partial charge in [-0.1, -0.05) is 54.6 Å². The van der Waals surface area contributed by atoms with Crippen LogP contribution in [0.5, 0.6) is 0 Å². The zero-order chi connectivity index (χ0) is 17.1. The fourth-order valence-electron chi connectivity index (χ4n) is 2.69. The van der Waals surface area contributed by atoms with Crippen molar-refractivity contribution in [2.24, 2.45) is 9.98 Å². The highest BCUT2D eigenvalue weighted by Crippen LogP contribution is 2.28. The lowest BCUT2D eigenvalue weighted by Gasteiger charge is -2.04. The first-order valence-electron chi connectivity index (χ1n) is 8.00. The number of para-hydroxylation sites is 3. The first-order valence-corrected chi connectivity index (χ1v) is 8.00. The Labute approximate surface area is 145 Å². The van der Waals surface area contributed by atoms with Crippen LogP contribution in [0.4, 0.5) is 17.1 Å². The molecule has 0 atom stereocenters. The number of fused-ring (bicyclic) bond motifs is 1. The van der Waals surface area contributed by atoms with Crippen LogP contribution in [0, 0.1) is 5.21 Å². The summed E-state index contributed by atoms with van der Waals surface area (Å²) in [6.45, 7) is 0. The SMILES string of the molecule is [O-]/[N+](=C/C1=Nc2ccccc2C1=Nc1ccccc1)c1ccccc1. The van der Waals surface area contributed by atoms with Crippen LogP contribution < -0.4 is 0 Å². The maximum atomic E-state index is 12.5. The monoisotopic (exact) mass is 325 g/mol. The average molecular weight is 325 g/mol. The molecule has 0 radical (unpaired) electrons. The van der Waals surface area contributed by atoms with Gasteiger partial charge in [-0.2, -0.15) is 4.74 Å². The van der Waals surface area contributed by atoms with Gasteiger partial charge in [-0.05, 0) is 18.2 Å². The lowest BCUT2D eigenvalue weighted by molar-refractivity contribution is -0.353. The van der Waals surface area contributed by atoms with Gasteiger partial charge in [0, 0.05) is 17.7 Å². The Balaban J connectivity index is 1.80. The molecule has 25 heavy (non-hydrogen) atoms. The Morgan fingerprint density at radius 3 is 2.20 bits per heavy atom. The fourth-order valence-corrected chi connectivity index (χ4v) is 2.69. The van der Waals surface area contributed by atoms with E-state index in [0.717, 1.165) is 21.7 Å². The normalized spacial score (nSPS) is 15.1. The van der Waals surface area contributed by atoms with Crippen molar-refractivity contribution < 1.29 is 4.74 Å². The second-order valence-electron chi connectivity index (χ2n) is 5.60. The lowest BCUT2D eigenvalue weighted by atomic mass is 10.1. The predicted molar refractivity (Wildman–Crippen MR) is 102 cm³/mol. The number of nitrogens with zero attached hydrogens (tertiary/aromatic N) is 3. The molecular weight excluding hydrogens is 310 g/mol. The second kappa shape index (κ2) is 6.53. The van der Waals surface area contributed by atoms with E-state index in [2.05, 4.69) is 4.99 Å². The van der Waals surface area contributed by atoms with Crippen molar-refractivity contribution in [3.05, 3.63) is 95.7 Å². The molecule has 1 aliphatic rings. The van der Waals surface area contributed by atoms with Crippen LogP contribution >= 0.6 is 0 Å². The minimum absolute atomic E-state index is 0.556. The third kappa shape index (κ3) is 3.10. The van der Waals surface area contributed by atoms with Crippen molar-refractivity contribution in [3.8, 4) is 0 Å². The molecule has 0 saturated heterocycles. The van der Waals surface area contributed by atoms with Crippen LogP contribution in [0.2, 0.25) is 0 Å². The average Bonchev–Trinajstić information content (AvgIpc) is 3.00. The molecule has 4 heteroatoms. The van der Waals surface area contributed by atoms with Gasteiger partial charge in [-0.25, -0.2) is 9.98 Å². The van der Waals surface area contributed by atoms with Gasteiger partial charge in [0.1, 0.15) is 5.71 Å². The van der Waals surface area contributed by atoms with Crippen LogP contribution in [-0.2, 0) is 0 Å². The summed E-state index contributed by atoms with van der Waals surface area (Å²) in [4.78, 5) is 9.30. The molecule has 0 N–H and O–H groups in total. The van der Waals surface area contributed by atoms with E-state index in [1.807, 2.05) is 72.8 Å². The van der Waals surface area contributed by atoms with Crippen LogP contribution in [-0.4, -0.2) is 22.4 Å². The molecule has 1 heterocycles. The van der Waals surface area contributed by atoms with E-state index in [0.29, 0.717) is 17.1 Å². The minimum Gasteiger partial charge on any atom is -0.618 e. The molecule has 0 aliphatic carbocycles. The zero-order valence-electron chi connectivity index (χ0n) is 13.4. The topological polar surface area (TPSA) is 50.8 Å². The standard InChI is InChI=1S/C21H15N3O/c25-24(17-11-5-2-6-12-17)15-20-21(22-16-9-3-1-4-10-16)18-13-7-8-14-19(18)23-20/h1-15H/b22-21?,24-15+. The molecule has 4 nitrogen and oxygen atoms in total. The van der Waals surface area contributed by atoms with E-state index in [1.165, 1.54) is 6.21 Å². The number of aliphatic imine (C=N–C) groups is 2. The highest BCUT2D eigenvalue weighted by molar-refractivity contribution is 6.68. The largest absolute Gasteiger partial charge is 0.618 e. The molecule has 0 spiro atoms. The molecule has 1 aliphatic heterocycles. The van der Waals surface area contributed by atoms with Gasteiger partial charge in [0.25, 0.3) is 0 Å². The number of benzene rings is 3. The van der Waals surface area contributed by atoms with Crippen molar-refractivity contribution in [3.63, 3.8) is 0 Å². The maximum absolute atomic E-state index is 12.5. The lowest BCUT2D eigenvalue weighted by Crippen LogP contribution is -2.16. The first-order chi connectivity index (χ1) is 12.3. The summed E-state index contributed by atoms with van der Waals surface area (Å²) >= 11 is 0. The Kier molecular flexibility index (Phi) is 3.92. The van der Waals surface area contributed by atoms with E-state index in [9.17, 15) is 5.21 Å². The summed E-state index contributed by atoms with van der Waals surface area (Å²) in [5, 5.41) is 12.5. The minimum atomic E-state index is 0.556. The summed E-state index contributed by atoms with van der Waals surface area (Å²) < 4.78 is 0.825. The fraction of sp³-hybridized carbons (Fsp3) is 0. The predicted octanol–water partition coefficient (Wildman–Crippen LogP) is 4.81. The molecule has 0 amide bonds. The smallest absolute Gasteiger partial charge is 0.216 e. The Morgan fingerprint density at radius 2 is 1.44 bits per heavy atom. The molecule has 0 saturated carbocycles. The molecule has 0 bridgehead atoms. The Morgan fingerprint density at radius 1 is 0.800 bits per heavy atom. The number of rotatable bonds is 3. The quantitative estimate of drug-likeness (QED) is 0.295. The Bertz CT molecular complexity index is 990. The zero-order valence-corrected chi connectivity index (χ0v) is 13.4. The summed E-state index contributed by atoms with van der Waals surface area (Å²) in [6, 6.07) is 26.5. The van der Waals surface area contributed by atoms with Crippen molar-refractivity contribution in [2.75, 3.05) is 0 Å². The first kappa shape index (κ1) is 15.0. The van der Waals surface area contributed by atoms with Crippen LogP contribution in [0.25, 0.3) is 0 Å². The van der Waals surface area contributed by atoms with Gasteiger partial charge in [0.15, 0.2) is 5.71 Å². The van der Waals surface area contributed by atoms with Crippen LogP contribution in [0.1, 0.15) is 5.56 Å². The number of hydrogen-bond acceptors (Lipinski definition) is 3. The number of hydrogen-bond donors (Lipinski definition) is 0. The molecule has 0 unspecified atom stereocenters. The molecular formula is C21H15N3O. The highest BCUT2D eigenvalue weighted by atomic mass is 16.5. The third-order valence-electron chi connectivity index (χ3n) is 3.89. The van der Waals surface area contributed by atoms with E-state index in [-0.39, 0.29) is 0 Å². The van der Waals surface area contributed by atoms with E-state index < -0.39 is 0 Å². The van der Waals surface area contributed by atoms with E-state index in [4.69, 9.17) is 4.99 Å². The molecule has 3 aromatic carbocycles. The van der Waals surface area contributed by atoms with Crippen molar-refractivity contribution in [1.29, 1.82) is 0 Å². The van der Waals surface area contributed by atoms with Crippen molar-refractivity contribution in [1.82, 2.24) is 0 Å². The van der Waals surface area contributed by atoms with E-state index in [1.54, 1.807) is 12.1 Å².